The van der Waals surface area contributed by atoms with Crippen LogP contribution in [0.15, 0.2) is 0 Å². The van der Waals surface area contributed by atoms with Crippen molar-refractivity contribution in [3.63, 3.8) is 0 Å². The van der Waals surface area contributed by atoms with E-state index in [2.05, 4.69) is 46.4 Å². The second kappa shape index (κ2) is 4.51. The van der Waals surface area contributed by atoms with Gasteiger partial charge in [-0.05, 0) is 48.3 Å². The Hall–Kier alpha value is -0.510. The van der Waals surface area contributed by atoms with Crippen molar-refractivity contribution in [3.8, 4) is 0 Å². The fourth-order valence-electron chi connectivity index (χ4n) is 4.53. The van der Waals surface area contributed by atoms with Gasteiger partial charge in [0.1, 0.15) is 0 Å². The first-order valence-corrected chi connectivity index (χ1v) is 7.97. The minimum Gasteiger partial charge on any atom is -0.313 e. The smallest absolute Gasteiger partial charge is 0.230 e. The summed E-state index contributed by atoms with van der Waals surface area (Å²) < 4.78 is 0. The third-order valence-corrected chi connectivity index (χ3v) is 5.92. The van der Waals surface area contributed by atoms with E-state index in [4.69, 9.17) is 6.57 Å². The Kier molecular flexibility index (Phi) is 3.53. The first kappa shape index (κ1) is 14.9. The average Bonchev–Trinajstić information content (AvgIpc) is 2.97. The van der Waals surface area contributed by atoms with Crippen LogP contribution in [0.4, 0.5) is 0 Å². The molecule has 0 N–H and O–H groups in total. The lowest BCUT2D eigenvalue weighted by Gasteiger charge is -2.43. The van der Waals surface area contributed by atoms with Gasteiger partial charge in [-0.1, -0.05) is 41.5 Å². The molecule has 3 unspecified atom stereocenters. The highest BCUT2D eigenvalue weighted by atomic mass is 14.9. The summed E-state index contributed by atoms with van der Waals surface area (Å²) >= 11 is 0. The van der Waals surface area contributed by atoms with Gasteiger partial charge in [-0.25, -0.2) is 6.57 Å². The summed E-state index contributed by atoms with van der Waals surface area (Å²) in [5.41, 5.74) is 1.21. The largest absolute Gasteiger partial charge is 0.313 e. The minimum absolute atomic E-state index is 0.354. The van der Waals surface area contributed by atoms with E-state index in [1.54, 1.807) is 0 Å². The maximum atomic E-state index is 7.32. The van der Waals surface area contributed by atoms with Gasteiger partial charge in [0.25, 0.3) is 0 Å². The fourth-order valence-corrected chi connectivity index (χ4v) is 4.53. The van der Waals surface area contributed by atoms with Gasteiger partial charge >= 0.3 is 0 Å². The molecule has 1 nitrogen and oxygen atoms in total. The Morgan fingerprint density at radius 3 is 1.58 bits per heavy atom. The van der Waals surface area contributed by atoms with Crippen LogP contribution in [0.1, 0.15) is 73.6 Å². The molecule has 0 aromatic rings. The first-order valence-electron chi connectivity index (χ1n) is 7.97. The van der Waals surface area contributed by atoms with Gasteiger partial charge < -0.3 is 4.85 Å². The van der Waals surface area contributed by atoms with Crippen molar-refractivity contribution < 1.29 is 0 Å². The van der Waals surface area contributed by atoms with Gasteiger partial charge in [0.05, 0.1) is 5.41 Å². The first-order chi connectivity index (χ1) is 8.60. The summed E-state index contributed by atoms with van der Waals surface area (Å²) in [6.07, 6.45) is 6.45. The molecule has 2 aliphatic carbocycles. The molecule has 0 aliphatic heterocycles. The van der Waals surface area contributed by atoms with Crippen molar-refractivity contribution in [3.05, 3.63) is 11.4 Å². The second-order valence-electron chi connectivity index (χ2n) is 9.23. The summed E-state index contributed by atoms with van der Waals surface area (Å²) in [6, 6.07) is 0.354. The van der Waals surface area contributed by atoms with Gasteiger partial charge in [0.2, 0.25) is 6.04 Å². The lowest BCUT2D eigenvalue weighted by Crippen LogP contribution is -2.35. The van der Waals surface area contributed by atoms with E-state index in [9.17, 15) is 0 Å². The van der Waals surface area contributed by atoms with E-state index >= 15 is 0 Å². The van der Waals surface area contributed by atoms with Crippen LogP contribution in [-0.4, -0.2) is 6.04 Å². The molecule has 2 fully saturated rings. The van der Waals surface area contributed by atoms with E-state index in [0.717, 1.165) is 11.8 Å². The molecule has 2 saturated carbocycles. The molecule has 1 heteroatoms. The van der Waals surface area contributed by atoms with E-state index < -0.39 is 0 Å². The van der Waals surface area contributed by atoms with Gasteiger partial charge in [-0.15, -0.1) is 0 Å². The maximum Gasteiger partial charge on any atom is 0.230 e. The molecule has 0 saturated heterocycles. The normalized spacial score (nSPS) is 39.7. The van der Waals surface area contributed by atoms with Crippen LogP contribution in [-0.2, 0) is 0 Å². The Bertz CT molecular complexity index is 350. The predicted molar refractivity (Wildman–Crippen MR) is 81.8 cm³/mol. The van der Waals surface area contributed by atoms with Gasteiger partial charge in [-0.2, -0.15) is 0 Å². The van der Waals surface area contributed by atoms with Crippen LogP contribution < -0.4 is 0 Å². The van der Waals surface area contributed by atoms with Crippen LogP contribution in [0, 0.1) is 34.7 Å². The van der Waals surface area contributed by atoms with Crippen molar-refractivity contribution >= 4 is 0 Å². The average molecular weight is 261 g/mol. The summed E-state index contributed by atoms with van der Waals surface area (Å²) in [6.45, 7) is 21.8. The molecule has 0 aromatic heterocycles. The van der Waals surface area contributed by atoms with E-state index in [1.807, 2.05) is 0 Å². The van der Waals surface area contributed by atoms with Gasteiger partial charge in [0.15, 0.2) is 0 Å². The van der Waals surface area contributed by atoms with Crippen LogP contribution in [0.2, 0.25) is 0 Å². The molecular weight excluding hydrogens is 230 g/mol. The third-order valence-electron chi connectivity index (χ3n) is 5.92. The molecule has 3 atom stereocenters. The SMILES string of the molecule is [C-]#[N+]C1CC12CCC(C(C)(C)C)C(C(C)(C)C)CC2. The highest BCUT2D eigenvalue weighted by Gasteiger charge is 2.61. The fraction of sp³-hybridized carbons (Fsp3) is 0.944. The number of hydrogen-bond acceptors (Lipinski definition) is 0. The van der Waals surface area contributed by atoms with Crippen LogP contribution in [0.3, 0.4) is 0 Å². The third kappa shape index (κ3) is 2.83. The van der Waals surface area contributed by atoms with E-state index in [-0.39, 0.29) is 0 Å². The summed E-state index contributed by atoms with van der Waals surface area (Å²) in [5, 5.41) is 0. The van der Waals surface area contributed by atoms with Crippen LogP contribution in [0.5, 0.6) is 0 Å². The van der Waals surface area contributed by atoms with Gasteiger partial charge in [0, 0.05) is 6.42 Å². The van der Waals surface area contributed by atoms with E-state index in [1.165, 1.54) is 32.1 Å². The molecule has 0 amide bonds. The molecule has 19 heavy (non-hydrogen) atoms. The van der Waals surface area contributed by atoms with E-state index in [0.29, 0.717) is 22.3 Å². The molecule has 1 spiro atoms. The maximum absolute atomic E-state index is 7.32. The van der Waals surface area contributed by atoms with Crippen molar-refractivity contribution in [1.82, 2.24) is 0 Å². The molecule has 0 radical (unpaired) electrons. The lowest BCUT2D eigenvalue weighted by atomic mass is 9.62. The zero-order valence-corrected chi connectivity index (χ0v) is 13.7. The number of hydrogen-bond donors (Lipinski definition) is 0. The minimum atomic E-state index is 0.354. The van der Waals surface area contributed by atoms with Crippen LogP contribution in [0.25, 0.3) is 4.85 Å². The highest BCUT2D eigenvalue weighted by molar-refractivity contribution is 5.15. The molecule has 2 rings (SSSR count). The standard InChI is InChI=1S/C18H31N/c1-16(2,3)13-8-10-18(12-15(18)19-7)11-9-14(13)17(4,5)6/h13-15H,8-12H2,1-6H3. The Labute approximate surface area is 120 Å². The topological polar surface area (TPSA) is 4.36 Å². The Balaban J connectivity index is 2.20. The summed E-state index contributed by atoms with van der Waals surface area (Å²) in [7, 11) is 0. The van der Waals surface area contributed by atoms with Gasteiger partial charge in [-0.3, -0.25) is 0 Å². The zero-order chi connectivity index (χ0) is 14.5. The Morgan fingerprint density at radius 2 is 1.32 bits per heavy atom. The monoisotopic (exact) mass is 261 g/mol. The van der Waals surface area contributed by atoms with Crippen molar-refractivity contribution in [2.45, 2.75) is 79.7 Å². The predicted octanol–water partition coefficient (Wildman–Crippen LogP) is 5.56. The second-order valence-corrected chi connectivity index (χ2v) is 9.23. The van der Waals surface area contributed by atoms with Crippen LogP contribution >= 0.6 is 0 Å². The summed E-state index contributed by atoms with van der Waals surface area (Å²) in [5.74, 6) is 1.61. The van der Waals surface area contributed by atoms with Crippen molar-refractivity contribution in [2.24, 2.45) is 28.1 Å². The number of rotatable bonds is 0. The molecule has 0 bridgehead atoms. The molecular formula is C18H31N. The quantitative estimate of drug-likeness (QED) is 0.503. The molecule has 0 heterocycles. The Morgan fingerprint density at radius 1 is 0.895 bits per heavy atom. The molecule has 2 aliphatic rings. The number of nitrogens with zero attached hydrogens (tertiary/aromatic N) is 1. The molecule has 0 aromatic carbocycles. The van der Waals surface area contributed by atoms with Crippen molar-refractivity contribution in [2.75, 3.05) is 0 Å². The lowest BCUT2D eigenvalue weighted by molar-refractivity contribution is 0.0646. The highest BCUT2D eigenvalue weighted by Crippen LogP contribution is 2.61. The molecule has 108 valence electrons. The summed E-state index contributed by atoms with van der Waals surface area (Å²) in [4.78, 5) is 3.84. The zero-order valence-electron chi connectivity index (χ0n) is 13.7. The van der Waals surface area contributed by atoms with Crippen molar-refractivity contribution in [1.29, 1.82) is 0 Å².